The highest BCUT2D eigenvalue weighted by molar-refractivity contribution is 7.13. The topological polar surface area (TPSA) is 82.1 Å². The van der Waals surface area contributed by atoms with Crippen molar-refractivity contribution in [1.29, 1.82) is 0 Å². The molecule has 0 aliphatic heterocycles. The summed E-state index contributed by atoms with van der Waals surface area (Å²) in [6, 6.07) is 2.98. The lowest BCUT2D eigenvalue weighted by molar-refractivity contribution is 0.0174. The van der Waals surface area contributed by atoms with Gasteiger partial charge in [-0.1, -0.05) is 35.6 Å². The minimum atomic E-state index is -0.0924. The first-order valence-electron chi connectivity index (χ1n) is 6.42. The Balaban J connectivity index is 1.97. The van der Waals surface area contributed by atoms with Crippen molar-refractivity contribution in [3.8, 4) is 0 Å². The molecule has 0 aliphatic rings. The summed E-state index contributed by atoms with van der Waals surface area (Å²) in [4.78, 5) is 8.49. The van der Waals surface area contributed by atoms with Gasteiger partial charge in [0.1, 0.15) is 5.76 Å². The zero-order valence-electron chi connectivity index (χ0n) is 11.8. The van der Waals surface area contributed by atoms with E-state index >= 15 is 0 Å². The molecule has 2 aromatic heterocycles. The molecule has 7 heteroatoms. The summed E-state index contributed by atoms with van der Waals surface area (Å²) in [5, 5.41) is 20.0. The molecule has 0 saturated heterocycles. The average molecular weight is 317 g/mol. The number of nitrogens with zero attached hydrogens (tertiary/aromatic N) is 3. The summed E-state index contributed by atoms with van der Waals surface area (Å²) in [6.07, 6.45) is 13.0. The average Bonchev–Trinajstić information content (AvgIpc) is 3.14. The van der Waals surface area contributed by atoms with Crippen LogP contribution in [0.4, 0.5) is 11.0 Å². The van der Waals surface area contributed by atoms with Crippen LogP contribution in [0.15, 0.2) is 57.3 Å². The number of allylic oxidation sites excluding steroid dienone is 5. The molecular weight excluding hydrogens is 302 g/mol. The fourth-order valence-electron chi connectivity index (χ4n) is 1.44. The van der Waals surface area contributed by atoms with Gasteiger partial charge in [0, 0.05) is 11.4 Å². The predicted molar refractivity (Wildman–Crippen MR) is 87.1 cm³/mol. The van der Waals surface area contributed by atoms with E-state index in [0.29, 0.717) is 10.9 Å². The smallest absolute Gasteiger partial charge is 0.247 e. The van der Waals surface area contributed by atoms with Crippen molar-refractivity contribution >= 4 is 34.6 Å². The van der Waals surface area contributed by atoms with E-state index in [1.807, 2.05) is 48.8 Å². The van der Waals surface area contributed by atoms with Crippen molar-refractivity contribution < 1.29 is 14.8 Å². The van der Waals surface area contributed by atoms with Crippen LogP contribution in [0.1, 0.15) is 18.4 Å². The molecule has 2 aromatic rings. The van der Waals surface area contributed by atoms with E-state index in [1.54, 1.807) is 6.07 Å². The van der Waals surface area contributed by atoms with E-state index in [2.05, 4.69) is 9.98 Å². The number of furan rings is 1. The van der Waals surface area contributed by atoms with Gasteiger partial charge in [0.05, 0.1) is 11.9 Å². The second-order valence-corrected chi connectivity index (χ2v) is 4.88. The number of anilines is 1. The van der Waals surface area contributed by atoms with Gasteiger partial charge < -0.3 is 4.42 Å². The molecule has 0 amide bonds. The fourth-order valence-corrected chi connectivity index (χ4v) is 2.07. The van der Waals surface area contributed by atoms with Gasteiger partial charge >= 0.3 is 0 Å². The normalized spacial score (nSPS) is 12.5. The SMILES string of the molecule is C\C=C/C=C\C=C\c1csc(/N=C/c2ccc(N(O)O)o2)n1. The van der Waals surface area contributed by atoms with Crippen molar-refractivity contribution in [3.05, 3.63) is 59.3 Å². The first-order valence-corrected chi connectivity index (χ1v) is 7.30. The first kappa shape index (κ1) is 15.9. The molecule has 2 heterocycles. The lowest BCUT2D eigenvalue weighted by Crippen LogP contribution is -2.09. The third kappa shape index (κ3) is 4.81. The summed E-state index contributed by atoms with van der Waals surface area (Å²) < 4.78 is 5.10. The number of aromatic nitrogens is 1. The van der Waals surface area contributed by atoms with E-state index in [4.69, 9.17) is 14.8 Å². The molecule has 0 radical (unpaired) electrons. The van der Waals surface area contributed by atoms with Gasteiger partial charge in [0.2, 0.25) is 11.0 Å². The Morgan fingerprint density at radius 2 is 2.05 bits per heavy atom. The molecule has 114 valence electrons. The number of hydrogen-bond donors (Lipinski definition) is 2. The highest BCUT2D eigenvalue weighted by atomic mass is 32.1. The number of hydrogen-bond acceptors (Lipinski definition) is 7. The Morgan fingerprint density at radius 1 is 1.23 bits per heavy atom. The number of aliphatic imine (C=N–C) groups is 1. The van der Waals surface area contributed by atoms with Crippen molar-refractivity contribution in [3.63, 3.8) is 0 Å². The lowest BCUT2D eigenvalue weighted by atomic mass is 10.4. The van der Waals surface area contributed by atoms with Crippen molar-refractivity contribution in [1.82, 2.24) is 4.98 Å². The van der Waals surface area contributed by atoms with Gasteiger partial charge in [-0.15, -0.1) is 11.3 Å². The van der Waals surface area contributed by atoms with Crippen LogP contribution in [0.25, 0.3) is 6.08 Å². The highest BCUT2D eigenvalue weighted by Gasteiger charge is 2.04. The molecule has 0 spiro atoms. The quantitative estimate of drug-likeness (QED) is 0.473. The number of thiazole rings is 1. The van der Waals surface area contributed by atoms with Gasteiger partial charge in [0.15, 0.2) is 0 Å². The Labute approximate surface area is 131 Å². The van der Waals surface area contributed by atoms with E-state index < -0.39 is 0 Å². The van der Waals surface area contributed by atoms with Crippen LogP contribution in [-0.4, -0.2) is 21.6 Å². The summed E-state index contributed by atoms with van der Waals surface area (Å²) >= 11 is 1.40. The van der Waals surface area contributed by atoms with Gasteiger partial charge in [0.25, 0.3) is 0 Å². The summed E-state index contributed by atoms with van der Waals surface area (Å²) in [5.41, 5.74) is 0.819. The second-order valence-electron chi connectivity index (χ2n) is 4.05. The fraction of sp³-hybridized carbons (Fsp3) is 0.0667. The van der Waals surface area contributed by atoms with Crippen LogP contribution in [0.2, 0.25) is 0 Å². The van der Waals surface area contributed by atoms with Crippen LogP contribution in [0, 0.1) is 0 Å². The molecule has 0 atom stereocenters. The molecular formula is C15H15N3O3S. The Morgan fingerprint density at radius 3 is 2.77 bits per heavy atom. The van der Waals surface area contributed by atoms with Crippen LogP contribution in [-0.2, 0) is 0 Å². The van der Waals surface area contributed by atoms with Crippen molar-refractivity contribution in [2.24, 2.45) is 4.99 Å². The lowest BCUT2D eigenvalue weighted by Gasteiger charge is -2.00. The zero-order chi connectivity index (χ0) is 15.8. The molecule has 0 bridgehead atoms. The van der Waals surface area contributed by atoms with Crippen molar-refractivity contribution in [2.75, 3.05) is 5.23 Å². The maximum absolute atomic E-state index is 8.79. The Bertz CT molecular complexity index is 711. The minimum absolute atomic E-state index is 0.0860. The molecule has 6 nitrogen and oxygen atoms in total. The maximum Gasteiger partial charge on any atom is 0.247 e. The first-order chi connectivity index (χ1) is 10.7. The largest absolute Gasteiger partial charge is 0.435 e. The Hall–Kier alpha value is -2.48. The van der Waals surface area contributed by atoms with E-state index in [0.717, 1.165) is 5.69 Å². The molecule has 0 fully saturated rings. The van der Waals surface area contributed by atoms with Gasteiger partial charge in [-0.3, -0.25) is 10.4 Å². The third-order valence-corrected chi connectivity index (χ3v) is 3.18. The minimum Gasteiger partial charge on any atom is -0.435 e. The molecule has 0 aliphatic carbocycles. The standard InChI is InChI=1S/C15H15N3O3S/c1-2-3-4-5-6-7-12-11-22-15(17-12)16-10-13-8-9-14(21-13)18(19)20/h2-11,19-20H,1H3/b3-2-,5-4-,7-6+,16-10+. The second kappa shape index (κ2) is 8.08. The van der Waals surface area contributed by atoms with E-state index in [1.165, 1.54) is 23.6 Å². The van der Waals surface area contributed by atoms with Gasteiger partial charge in [-0.25, -0.2) is 9.98 Å². The predicted octanol–water partition coefficient (Wildman–Crippen LogP) is 4.22. The van der Waals surface area contributed by atoms with Crippen molar-refractivity contribution in [2.45, 2.75) is 6.92 Å². The van der Waals surface area contributed by atoms with Crippen LogP contribution in [0.3, 0.4) is 0 Å². The zero-order valence-corrected chi connectivity index (χ0v) is 12.6. The molecule has 0 saturated carbocycles. The monoisotopic (exact) mass is 317 g/mol. The maximum atomic E-state index is 8.79. The summed E-state index contributed by atoms with van der Waals surface area (Å²) in [7, 11) is 0. The van der Waals surface area contributed by atoms with Gasteiger partial charge in [-0.05, 0) is 19.1 Å². The number of rotatable bonds is 6. The molecule has 0 aromatic carbocycles. The molecule has 0 unspecified atom stereocenters. The summed E-state index contributed by atoms with van der Waals surface area (Å²) in [5.74, 6) is 0.307. The highest BCUT2D eigenvalue weighted by Crippen LogP contribution is 2.20. The Kier molecular flexibility index (Phi) is 5.84. The molecule has 22 heavy (non-hydrogen) atoms. The summed E-state index contributed by atoms with van der Waals surface area (Å²) in [6.45, 7) is 1.96. The van der Waals surface area contributed by atoms with Crippen LogP contribution < -0.4 is 5.23 Å². The van der Waals surface area contributed by atoms with Gasteiger partial charge in [-0.2, -0.15) is 0 Å². The van der Waals surface area contributed by atoms with E-state index in [9.17, 15) is 0 Å². The molecule has 2 rings (SSSR count). The third-order valence-electron chi connectivity index (χ3n) is 2.41. The van der Waals surface area contributed by atoms with Crippen LogP contribution in [0.5, 0.6) is 0 Å². The van der Waals surface area contributed by atoms with E-state index in [-0.39, 0.29) is 11.1 Å². The molecule has 2 N–H and O–H groups in total. The van der Waals surface area contributed by atoms with Crippen LogP contribution >= 0.6 is 11.3 Å².